The predicted molar refractivity (Wildman–Crippen MR) is 38.5 cm³/mol. The molecule has 2 nitrogen and oxygen atoms in total. The molecule has 1 aromatic heterocycles. The summed E-state index contributed by atoms with van der Waals surface area (Å²) in [5.74, 6) is 0.286. The zero-order chi connectivity index (χ0) is 8.27. The number of hydrogen-bond acceptors (Lipinski definition) is 2. The van der Waals surface area contributed by atoms with Crippen LogP contribution in [0.25, 0.3) is 0 Å². The average Bonchev–Trinajstić information content (AvgIpc) is 1.85. The smallest absolute Gasteiger partial charge is 0.214 e. The van der Waals surface area contributed by atoms with Crippen molar-refractivity contribution in [3.63, 3.8) is 0 Å². The molecule has 1 aromatic rings. The molecule has 0 bridgehead atoms. The van der Waals surface area contributed by atoms with Crippen molar-refractivity contribution in [1.29, 1.82) is 0 Å². The molecule has 0 aliphatic rings. The molecule has 0 fully saturated rings. The Labute approximate surface area is 64.8 Å². The normalized spacial score (nSPS) is 12.7. The Morgan fingerprint density at radius 1 is 1.89 bits per heavy atom. The second-order valence-corrected chi connectivity index (χ2v) is 2.35. The molecule has 0 atom stereocenters. The summed E-state index contributed by atoms with van der Waals surface area (Å²) >= 11 is 3.21. The highest BCUT2D eigenvalue weighted by Gasteiger charge is 1.89. The highest BCUT2D eigenvalue weighted by Crippen LogP contribution is 2.13. The van der Waals surface area contributed by atoms with Crippen LogP contribution in [-0.4, -0.2) is 12.0 Å². The van der Waals surface area contributed by atoms with E-state index in [0.717, 1.165) is 4.47 Å². The lowest BCUT2D eigenvalue weighted by Gasteiger charge is -1.95. The van der Waals surface area contributed by atoms with E-state index in [0.29, 0.717) is 0 Å². The molecule has 0 saturated carbocycles. The van der Waals surface area contributed by atoms with Crippen LogP contribution in [0.2, 0.25) is 0 Å². The molecule has 0 aromatic carbocycles. The van der Waals surface area contributed by atoms with Crippen molar-refractivity contribution in [1.82, 2.24) is 4.98 Å². The number of rotatable bonds is 1. The first-order valence-electron chi connectivity index (χ1n) is 3.46. The molecule has 1 heterocycles. The summed E-state index contributed by atoms with van der Waals surface area (Å²) < 4.78 is 19.1. The van der Waals surface area contributed by atoms with Crippen LogP contribution in [0.5, 0.6) is 5.88 Å². The highest BCUT2D eigenvalue weighted by molar-refractivity contribution is 9.10. The van der Waals surface area contributed by atoms with E-state index < -0.39 is 7.06 Å². The molecule has 0 saturated heterocycles. The van der Waals surface area contributed by atoms with Gasteiger partial charge in [-0.25, -0.2) is 4.98 Å². The summed E-state index contributed by atoms with van der Waals surface area (Å²) in [4.78, 5) is 3.79. The Morgan fingerprint density at radius 2 is 2.78 bits per heavy atom. The molecule has 0 aliphatic heterocycles. The molecule has 0 aliphatic carbocycles. The topological polar surface area (TPSA) is 22.1 Å². The van der Waals surface area contributed by atoms with Crippen molar-refractivity contribution < 1.29 is 7.48 Å². The molecule has 0 N–H and O–H groups in total. The first-order chi connectivity index (χ1) is 5.18. The van der Waals surface area contributed by atoms with Crippen LogP contribution in [0.3, 0.4) is 0 Å². The minimum Gasteiger partial charge on any atom is -0.481 e. The van der Waals surface area contributed by atoms with E-state index in [1.165, 1.54) is 0 Å². The Bertz CT molecular complexity index is 244. The van der Waals surface area contributed by atoms with Crippen molar-refractivity contribution >= 4 is 15.9 Å². The fourth-order valence-electron chi connectivity index (χ4n) is 0.450. The van der Waals surface area contributed by atoms with Gasteiger partial charge in [-0.2, -0.15) is 0 Å². The van der Waals surface area contributed by atoms with Gasteiger partial charge in [-0.05, 0) is 6.07 Å². The van der Waals surface area contributed by atoms with Gasteiger partial charge in [0.25, 0.3) is 0 Å². The number of nitrogens with zero attached hydrogens (tertiary/aromatic N) is 1. The van der Waals surface area contributed by atoms with Gasteiger partial charge in [0, 0.05) is 16.7 Å². The number of hydrogen-bond donors (Lipinski definition) is 0. The number of ether oxygens (including phenoxy) is 1. The minimum atomic E-state index is -1.32. The molecule has 0 spiro atoms. The number of pyridine rings is 1. The van der Waals surface area contributed by atoms with E-state index in [-0.39, 0.29) is 5.88 Å². The second-order valence-electron chi connectivity index (χ2n) is 1.43. The zero-order valence-corrected chi connectivity index (χ0v) is 6.13. The van der Waals surface area contributed by atoms with Crippen LogP contribution in [0.15, 0.2) is 22.8 Å². The van der Waals surface area contributed by atoms with E-state index in [9.17, 15) is 0 Å². The fraction of sp³-hybridized carbons (Fsp3) is 0.167. The van der Waals surface area contributed by atoms with Crippen molar-refractivity contribution in [2.45, 2.75) is 0 Å². The monoisotopic (exact) mass is 189 g/mol. The molecule has 48 valence electrons. The van der Waals surface area contributed by atoms with E-state index in [1.807, 2.05) is 0 Å². The molecular weight excluding hydrogens is 182 g/mol. The second kappa shape index (κ2) is 2.82. The molecule has 3 heteroatoms. The van der Waals surface area contributed by atoms with Gasteiger partial charge in [0.2, 0.25) is 5.88 Å². The van der Waals surface area contributed by atoms with E-state index >= 15 is 0 Å². The maximum Gasteiger partial charge on any atom is 0.214 e. The largest absolute Gasteiger partial charge is 0.481 e. The Morgan fingerprint density at radius 3 is 3.44 bits per heavy atom. The van der Waals surface area contributed by atoms with Crippen LogP contribution in [0, 0.1) is 0 Å². The first-order valence-corrected chi connectivity index (χ1v) is 3.10. The third kappa shape index (κ3) is 1.68. The van der Waals surface area contributed by atoms with E-state index in [1.54, 1.807) is 18.3 Å². The van der Waals surface area contributed by atoms with Gasteiger partial charge >= 0.3 is 0 Å². The van der Waals surface area contributed by atoms with Gasteiger partial charge < -0.3 is 4.74 Å². The number of methoxy groups -OCH3 is 1. The molecule has 0 amide bonds. The average molecular weight is 190 g/mol. The van der Waals surface area contributed by atoms with Crippen LogP contribution < -0.4 is 4.74 Å². The maximum absolute atomic E-state index is 6.77. The quantitative estimate of drug-likeness (QED) is 0.674. The van der Waals surface area contributed by atoms with Gasteiger partial charge in [-0.3, -0.25) is 0 Å². The Kier molecular flexibility index (Phi) is 1.34. The first kappa shape index (κ1) is 4.28. The fourth-order valence-corrected chi connectivity index (χ4v) is 0.764. The Hall–Kier alpha value is -0.570. The van der Waals surface area contributed by atoms with E-state index in [4.69, 9.17) is 2.74 Å². The molecular formula is C6H6BrNO. The van der Waals surface area contributed by atoms with Gasteiger partial charge in [0.05, 0.1) is 9.80 Å². The van der Waals surface area contributed by atoms with Gasteiger partial charge in [0.15, 0.2) is 0 Å². The summed E-state index contributed by atoms with van der Waals surface area (Å²) in [7, 11) is -1.32. The zero-order valence-electron chi connectivity index (χ0n) is 6.54. The number of aromatic nitrogens is 1. The van der Waals surface area contributed by atoms with Gasteiger partial charge in [0.1, 0.15) is 0 Å². The lowest BCUT2D eigenvalue weighted by molar-refractivity contribution is 0.397. The molecule has 0 radical (unpaired) electrons. The third-order valence-electron chi connectivity index (χ3n) is 0.818. The van der Waals surface area contributed by atoms with Crippen LogP contribution in [0.4, 0.5) is 0 Å². The summed E-state index contributed by atoms with van der Waals surface area (Å²) in [6.07, 6.45) is 1.54. The Balaban J connectivity index is 2.71. The summed E-state index contributed by atoms with van der Waals surface area (Å²) in [5.41, 5.74) is 0. The van der Waals surface area contributed by atoms with Crippen LogP contribution in [0.1, 0.15) is 2.74 Å². The summed E-state index contributed by atoms with van der Waals surface area (Å²) in [5, 5.41) is 0. The lowest BCUT2D eigenvalue weighted by atomic mass is 10.5. The summed E-state index contributed by atoms with van der Waals surface area (Å²) in [6, 6.07) is 3.35. The predicted octanol–water partition coefficient (Wildman–Crippen LogP) is 1.85. The van der Waals surface area contributed by atoms with E-state index in [2.05, 4.69) is 25.7 Å². The SMILES string of the molecule is [2H]C([2H])Oc1cc(Br)ccn1. The summed E-state index contributed by atoms with van der Waals surface area (Å²) in [6.45, 7) is 0. The maximum atomic E-state index is 6.77. The highest BCUT2D eigenvalue weighted by atomic mass is 79.9. The third-order valence-corrected chi connectivity index (χ3v) is 1.31. The number of halogens is 1. The lowest BCUT2D eigenvalue weighted by Crippen LogP contribution is -1.84. The van der Waals surface area contributed by atoms with Crippen LogP contribution in [-0.2, 0) is 0 Å². The molecule has 1 rings (SSSR count). The van der Waals surface area contributed by atoms with Crippen molar-refractivity contribution in [3.8, 4) is 5.88 Å². The standard InChI is InChI=1S/C6H6BrNO/c1-9-6-4-5(7)2-3-8-6/h2-4H,1H3/i1D2. The molecule has 9 heavy (non-hydrogen) atoms. The van der Waals surface area contributed by atoms with Crippen LogP contribution >= 0.6 is 15.9 Å². The van der Waals surface area contributed by atoms with Crippen molar-refractivity contribution in [3.05, 3.63) is 22.8 Å². The van der Waals surface area contributed by atoms with Gasteiger partial charge in [-0.15, -0.1) is 0 Å². The van der Waals surface area contributed by atoms with Crippen molar-refractivity contribution in [2.75, 3.05) is 7.06 Å². The minimum absolute atomic E-state index is 0.286. The van der Waals surface area contributed by atoms with Gasteiger partial charge in [-0.1, -0.05) is 15.9 Å². The van der Waals surface area contributed by atoms with Crippen molar-refractivity contribution in [2.24, 2.45) is 0 Å². The molecule has 0 unspecified atom stereocenters.